The number of likely N-dealkylation sites (N-methyl/N-ethyl adjacent to an activating group) is 1. The molecule has 0 bridgehead atoms. The molecule has 1 aliphatic rings. The summed E-state index contributed by atoms with van der Waals surface area (Å²) in [5.74, 6) is 0.158. The molecule has 0 atom stereocenters. The van der Waals surface area contributed by atoms with E-state index in [1.54, 1.807) is 4.90 Å². The van der Waals surface area contributed by atoms with E-state index in [1.807, 2.05) is 19.2 Å². The molecule has 0 unspecified atom stereocenters. The van der Waals surface area contributed by atoms with Gasteiger partial charge in [0.2, 0.25) is 5.91 Å². The molecule has 4 heteroatoms. The number of rotatable bonds is 5. The summed E-state index contributed by atoms with van der Waals surface area (Å²) in [4.78, 5) is 13.2. The highest BCUT2D eigenvalue weighted by Crippen LogP contribution is 2.28. The normalized spacial score (nSPS) is 14.2. The second-order valence-corrected chi connectivity index (χ2v) is 4.35. The third kappa shape index (κ3) is 2.65. The van der Waals surface area contributed by atoms with Crippen LogP contribution in [-0.2, 0) is 17.8 Å². The minimum atomic E-state index is 0.158. The molecule has 0 fully saturated rings. The Bertz CT molecular complexity index is 418. The Hall–Kier alpha value is -1.39. The van der Waals surface area contributed by atoms with Crippen molar-refractivity contribution in [1.82, 2.24) is 5.32 Å². The van der Waals surface area contributed by atoms with Crippen molar-refractivity contribution in [1.29, 1.82) is 0 Å². The summed E-state index contributed by atoms with van der Waals surface area (Å²) in [6, 6.07) is 6.13. The first kappa shape index (κ1) is 12.1. The van der Waals surface area contributed by atoms with Gasteiger partial charge in [-0.25, -0.2) is 0 Å². The maximum Gasteiger partial charge on any atom is 0.231 e. The first-order chi connectivity index (χ1) is 8.22. The van der Waals surface area contributed by atoms with Crippen molar-refractivity contribution in [2.75, 3.05) is 25.1 Å². The molecule has 1 aromatic carbocycles. The van der Waals surface area contributed by atoms with Gasteiger partial charge >= 0.3 is 0 Å². The maximum absolute atomic E-state index is 11.5. The van der Waals surface area contributed by atoms with Crippen molar-refractivity contribution in [2.24, 2.45) is 0 Å². The summed E-state index contributed by atoms with van der Waals surface area (Å²) in [6.45, 7) is 1.81. The van der Waals surface area contributed by atoms with E-state index in [0.717, 1.165) is 30.8 Å². The first-order valence-corrected chi connectivity index (χ1v) is 5.92. The Labute approximate surface area is 101 Å². The fourth-order valence-electron chi connectivity index (χ4n) is 2.07. The number of amides is 1. The van der Waals surface area contributed by atoms with Crippen molar-refractivity contribution in [3.8, 4) is 0 Å². The molecule has 1 heterocycles. The Morgan fingerprint density at radius 2 is 2.29 bits per heavy atom. The average Bonchev–Trinajstić information content (AvgIpc) is 2.61. The largest absolute Gasteiger partial charge is 0.396 e. The monoisotopic (exact) mass is 234 g/mol. The zero-order valence-corrected chi connectivity index (χ0v) is 10.1. The van der Waals surface area contributed by atoms with Crippen molar-refractivity contribution in [2.45, 2.75) is 19.4 Å². The van der Waals surface area contributed by atoms with Crippen LogP contribution in [0.25, 0.3) is 0 Å². The summed E-state index contributed by atoms with van der Waals surface area (Å²) in [5.41, 5.74) is 3.32. The Balaban J connectivity index is 1.98. The quantitative estimate of drug-likeness (QED) is 0.737. The molecule has 0 aliphatic carbocycles. The van der Waals surface area contributed by atoms with Crippen LogP contribution >= 0.6 is 0 Å². The van der Waals surface area contributed by atoms with E-state index >= 15 is 0 Å². The summed E-state index contributed by atoms with van der Waals surface area (Å²) >= 11 is 0. The predicted molar refractivity (Wildman–Crippen MR) is 67.0 cm³/mol. The van der Waals surface area contributed by atoms with Gasteiger partial charge in [-0.05, 0) is 30.2 Å². The van der Waals surface area contributed by atoms with Gasteiger partial charge in [0.25, 0.3) is 0 Å². The number of nitrogens with zero attached hydrogens (tertiary/aromatic N) is 1. The Morgan fingerprint density at radius 3 is 3.06 bits per heavy atom. The van der Waals surface area contributed by atoms with Crippen molar-refractivity contribution < 1.29 is 9.90 Å². The van der Waals surface area contributed by atoms with Crippen LogP contribution < -0.4 is 10.2 Å². The first-order valence-electron chi connectivity index (χ1n) is 5.92. The van der Waals surface area contributed by atoms with Crippen LogP contribution in [0.4, 0.5) is 5.69 Å². The highest BCUT2D eigenvalue weighted by molar-refractivity contribution is 6.00. The predicted octanol–water partition coefficient (Wildman–Crippen LogP) is 0.677. The molecule has 1 amide bonds. The van der Waals surface area contributed by atoms with Crippen LogP contribution in [-0.4, -0.2) is 31.2 Å². The standard InChI is InChI=1S/C13H18N2O2/c1-15-12-4-3-10(9-14-5-2-6-16)7-11(12)8-13(15)17/h3-4,7,14,16H,2,5-6,8-9H2,1H3. The highest BCUT2D eigenvalue weighted by Gasteiger charge is 2.23. The molecule has 0 spiro atoms. The van der Waals surface area contributed by atoms with Gasteiger partial charge < -0.3 is 15.3 Å². The van der Waals surface area contributed by atoms with Gasteiger partial charge in [-0.3, -0.25) is 4.79 Å². The number of carbonyl (C=O) groups is 1. The molecule has 2 N–H and O–H groups in total. The molecule has 0 saturated carbocycles. The summed E-state index contributed by atoms with van der Waals surface area (Å²) in [7, 11) is 1.81. The van der Waals surface area contributed by atoms with Crippen molar-refractivity contribution in [3.05, 3.63) is 29.3 Å². The number of anilines is 1. The second-order valence-electron chi connectivity index (χ2n) is 4.35. The minimum Gasteiger partial charge on any atom is -0.396 e. The molecule has 2 rings (SSSR count). The molecular weight excluding hydrogens is 216 g/mol. The van der Waals surface area contributed by atoms with Crippen LogP contribution in [0.15, 0.2) is 18.2 Å². The smallest absolute Gasteiger partial charge is 0.231 e. The van der Waals surface area contributed by atoms with Crippen LogP contribution in [0.1, 0.15) is 17.5 Å². The number of hydrogen-bond acceptors (Lipinski definition) is 3. The van der Waals surface area contributed by atoms with Gasteiger partial charge in [-0.1, -0.05) is 12.1 Å². The molecule has 4 nitrogen and oxygen atoms in total. The third-order valence-electron chi connectivity index (χ3n) is 3.06. The Kier molecular flexibility index (Phi) is 3.76. The third-order valence-corrected chi connectivity index (χ3v) is 3.06. The van der Waals surface area contributed by atoms with Crippen LogP contribution in [0.5, 0.6) is 0 Å². The fourth-order valence-corrected chi connectivity index (χ4v) is 2.07. The zero-order chi connectivity index (χ0) is 12.3. The molecule has 0 aromatic heterocycles. The van der Waals surface area contributed by atoms with Crippen LogP contribution in [0.3, 0.4) is 0 Å². The van der Waals surface area contributed by atoms with E-state index in [1.165, 1.54) is 5.56 Å². The molecule has 1 aromatic rings. The van der Waals surface area contributed by atoms with E-state index in [2.05, 4.69) is 11.4 Å². The van der Waals surface area contributed by atoms with Crippen LogP contribution in [0, 0.1) is 0 Å². The number of benzene rings is 1. The lowest BCUT2D eigenvalue weighted by Crippen LogP contribution is -2.20. The van der Waals surface area contributed by atoms with Gasteiger partial charge in [0.05, 0.1) is 6.42 Å². The molecule has 0 saturated heterocycles. The highest BCUT2D eigenvalue weighted by atomic mass is 16.3. The summed E-state index contributed by atoms with van der Waals surface area (Å²) in [5, 5.41) is 11.9. The number of carbonyl (C=O) groups excluding carboxylic acids is 1. The fraction of sp³-hybridized carbons (Fsp3) is 0.462. The summed E-state index contributed by atoms with van der Waals surface area (Å²) in [6.07, 6.45) is 1.28. The Morgan fingerprint density at radius 1 is 1.47 bits per heavy atom. The number of fused-ring (bicyclic) bond motifs is 1. The lowest BCUT2D eigenvalue weighted by molar-refractivity contribution is -0.117. The van der Waals surface area contributed by atoms with Gasteiger partial charge in [-0.2, -0.15) is 0 Å². The lowest BCUT2D eigenvalue weighted by Gasteiger charge is -2.10. The number of aliphatic hydroxyl groups excluding tert-OH is 1. The minimum absolute atomic E-state index is 0.158. The van der Waals surface area contributed by atoms with E-state index in [-0.39, 0.29) is 12.5 Å². The number of aliphatic hydroxyl groups is 1. The topological polar surface area (TPSA) is 52.6 Å². The molecule has 1 aliphatic heterocycles. The lowest BCUT2D eigenvalue weighted by atomic mass is 10.1. The summed E-state index contributed by atoms with van der Waals surface area (Å²) < 4.78 is 0. The van der Waals surface area contributed by atoms with Gasteiger partial charge in [-0.15, -0.1) is 0 Å². The van der Waals surface area contributed by atoms with Gasteiger partial charge in [0, 0.05) is 25.9 Å². The second kappa shape index (κ2) is 5.29. The van der Waals surface area contributed by atoms with Crippen molar-refractivity contribution in [3.63, 3.8) is 0 Å². The molecular formula is C13H18N2O2. The number of hydrogen-bond donors (Lipinski definition) is 2. The van der Waals surface area contributed by atoms with E-state index < -0.39 is 0 Å². The van der Waals surface area contributed by atoms with Gasteiger partial charge in [0.15, 0.2) is 0 Å². The molecule has 92 valence electrons. The molecule has 17 heavy (non-hydrogen) atoms. The number of nitrogens with one attached hydrogen (secondary N) is 1. The van der Waals surface area contributed by atoms with E-state index in [9.17, 15) is 4.79 Å². The van der Waals surface area contributed by atoms with Gasteiger partial charge in [0.1, 0.15) is 0 Å². The SMILES string of the molecule is CN1C(=O)Cc2cc(CNCCCO)ccc21. The van der Waals surface area contributed by atoms with Crippen LogP contribution in [0.2, 0.25) is 0 Å². The zero-order valence-electron chi connectivity index (χ0n) is 10.1. The maximum atomic E-state index is 11.5. The van der Waals surface area contributed by atoms with E-state index in [0.29, 0.717) is 6.42 Å². The van der Waals surface area contributed by atoms with E-state index in [4.69, 9.17) is 5.11 Å². The average molecular weight is 234 g/mol. The van der Waals surface area contributed by atoms with Crippen molar-refractivity contribution >= 4 is 11.6 Å². The molecule has 0 radical (unpaired) electrons.